The highest BCUT2D eigenvalue weighted by atomic mass is 14.5. The summed E-state index contributed by atoms with van der Waals surface area (Å²) in [6, 6.07) is 20.7. The van der Waals surface area contributed by atoms with Crippen molar-refractivity contribution in [3.05, 3.63) is 71.8 Å². The predicted molar refractivity (Wildman–Crippen MR) is 95.6 cm³/mol. The first kappa shape index (κ1) is 14.2. The lowest BCUT2D eigenvalue weighted by Crippen LogP contribution is -1.92. The third-order valence-electron chi connectivity index (χ3n) is 3.75. The van der Waals surface area contributed by atoms with Crippen LogP contribution in [0.25, 0.3) is 22.3 Å². The van der Waals surface area contributed by atoms with E-state index in [9.17, 15) is 0 Å². The molecule has 3 aromatic carbocycles. The molecule has 0 unspecified atom stereocenters. The highest BCUT2D eigenvalue weighted by Crippen LogP contribution is 2.34. The summed E-state index contributed by atoms with van der Waals surface area (Å²) in [7, 11) is 0. The quantitative estimate of drug-likeness (QED) is 0.665. The van der Waals surface area contributed by atoms with Crippen LogP contribution in [0.4, 0.5) is 11.4 Å². The van der Waals surface area contributed by atoms with Crippen LogP contribution in [0.15, 0.2) is 60.7 Å². The van der Waals surface area contributed by atoms with Crippen molar-refractivity contribution in [1.82, 2.24) is 0 Å². The lowest BCUT2D eigenvalue weighted by atomic mass is 9.92. The van der Waals surface area contributed by atoms with E-state index in [1.165, 1.54) is 11.1 Å². The van der Waals surface area contributed by atoms with Gasteiger partial charge in [0.15, 0.2) is 0 Å². The van der Waals surface area contributed by atoms with Gasteiger partial charge >= 0.3 is 0 Å². The molecule has 110 valence electrons. The van der Waals surface area contributed by atoms with Crippen molar-refractivity contribution in [3.8, 4) is 22.3 Å². The molecular weight excluding hydrogens is 268 g/mol. The third kappa shape index (κ3) is 2.82. The van der Waals surface area contributed by atoms with Crippen molar-refractivity contribution in [2.45, 2.75) is 13.8 Å². The Kier molecular flexibility index (Phi) is 3.60. The van der Waals surface area contributed by atoms with Gasteiger partial charge in [0.2, 0.25) is 0 Å². The number of aryl methyl sites for hydroxylation is 2. The molecule has 0 aromatic heterocycles. The Morgan fingerprint density at radius 1 is 0.591 bits per heavy atom. The number of nitrogens with two attached hydrogens (primary N) is 2. The molecular formula is C20H20N2. The van der Waals surface area contributed by atoms with E-state index in [4.69, 9.17) is 11.5 Å². The Labute approximate surface area is 131 Å². The Morgan fingerprint density at radius 2 is 1.00 bits per heavy atom. The van der Waals surface area contributed by atoms with Crippen LogP contribution in [0.5, 0.6) is 0 Å². The molecule has 3 rings (SSSR count). The lowest BCUT2D eigenvalue weighted by molar-refractivity contribution is 1.45. The van der Waals surface area contributed by atoms with Crippen LogP contribution in [-0.4, -0.2) is 0 Å². The number of hydrogen-bond donors (Lipinski definition) is 2. The molecule has 0 heterocycles. The van der Waals surface area contributed by atoms with Crippen LogP contribution in [0.3, 0.4) is 0 Å². The second-order valence-electron chi connectivity index (χ2n) is 5.81. The smallest absolute Gasteiger partial charge is 0.0322 e. The van der Waals surface area contributed by atoms with E-state index in [2.05, 4.69) is 50.2 Å². The minimum absolute atomic E-state index is 0.786. The maximum atomic E-state index is 6.01. The highest BCUT2D eigenvalue weighted by Gasteiger charge is 2.09. The summed E-state index contributed by atoms with van der Waals surface area (Å²) in [5.74, 6) is 0. The molecule has 0 saturated heterocycles. The monoisotopic (exact) mass is 288 g/mol. The molecule has 0 aliphatic heterocycles. The van der Waals surface area contributed by atoms with E-state index in [1.54, 1.807) is 0 Å². The van der Waals surface area contributed by atoms with Gasteiger partial charge in [-0.2, -0.15) is 0 Å². The number of hydrogen-bond acceptors (Lipinski definition) is 2. The van der Waals surface area contributed by atoms with Gasteiger partial charge in [-0.15, -0.1) is 0 Å². The Balaban J connectivity index is 2.22. The van der Waals surface area contributed by atoms with Crippen LogP contribution in [0.1, 0.15) is 11.1 Å². The highest BCUT2D eigenvalue weighted by molar-refractivity contribution is 5.85. The minimum atomic E-state index is 0.786. The number of rotatable bonds is 2. The molecule has 0 aliphatic rings. The van der Waals surface area contributed by atoms with Gasteiger partial charge in [-0.1, -0.05) is 36.4 Å². The fraction of sp³-hybridized carbons (Fsp3) is 0.100. The van der Waals surface area contributed by atoms with Gasteiger partial charge in [-0.3, -0.25) is 0 Å². The predicted octanol–water partition coefficient (Wildman–Crippen LogP) is 4.80. The first-order valence-corrected chi connectivity index (χ1v) is 7.37. The molecule has 2 heteroatoms. The first-order chi connectivity index (χ1) is 10.5. The van der Waals surface area contributed by atoms with Crippen LogP contribution in [0, 0.1) is 13.8 Å². The van der Waals surface area contributed by atoms with Crippen LogP contribution in [0.2, 0.25) is 0 Å². The van der Waals surface area contributed by atoms with Crippen LogP contribution < -0.4 is 11.5 Å². The standard InChI is InChI=1S/C20H20N2/c1-13-7-15(11-17(21)9-13)19-5-3-4-6-20(19)16-8-14(2)10-18(22)12-16/h3-12H,21-22H2,1-2H3. The maximum Gasteiger partial charge on any atom is 0.0322 e. The van der Waals surface area contributed by atoms with Crippen molar-refractivity contribution in [3.63, 3.8) is 0 Å². The molecule has 3 aromatic rings. The Hall–Kier alpha value is -2.74. The van der Waals surface area contributed by atoms with Crippen LogP contribution in [-0.2, 0) is 0 Å². The van der Waals surface area contributed by atoms with Gasteiger partial charge in [0.1, 0.15) is 0 Å². The topological polar surface area (TPSA) is 52.0 Å². The molecule has 22 heavy (non-hydrogen) atoms. The van der Waals surface area contributed by atoms with Gasteiger partial charge in [0.05, 0.1) is 0 Å². The fourth-order valence-electron chi connectivity index (χ4n) is 2.92. The van der Waals surface area contributed by atoms with E-state index in [0.29, 0.717) is 0 Å². The minimum Gasteiger partial charge on any atom is -0.399 e. The Bertz CT molecular complexity index is 724. The first-order valence-electron chi connectivity index (χ1n) is 7.37. The summed E-state index contributed by atoms with van der Waals surface area (Å²) in [4.78, 5) is 0. The number of nitrogen functional groups attached to an aromatic ring is 2. The summed E-state index contributed by atoms with van der Waals surface area (Å²) >= 11 is 0. The Morgan fingerprint density at radius 3 is 1.36 bits per heavy atom. The van der Waals surface area contributed by atoms with Gasteiger partial charge in [-0.05, 0) is 71.5 Å². The van der Waals surface area contributed by atoms with E-state index in [-0.39, 0.29) is 0 Å². The summed E-state index contributed by atoms with van der Waals surface area (Å²) in [6.07, 6.45) is 0. The molecule has 0 spiro atoms. The molecule has 0 saturated carbocycles. The molecule has 2 nitrogen and oxygen atoms in total. The van der Waals surface area contributed by atoms with Crippen LogP contribution >= 0.6 is 0 Å². The molecule has 0 atom stereocenters. The van der Waals surface area contributed by atoms with Gasteiger partial charge in [0.25, 0.3) is 0 Å². The zero-order chi connectivity index (χ0) is 15.7. The van der Waals surface area contributed by atoms with Gasteiger partial charge < -0.3 is 11.5 Å². The second kappa shape index (κ2) is 5.57. The molecule has 0 amide bonds. The average Bonchev–Trinajstić information content (AvgIpc) is 2.45. The SMILES string of the molecule is Cc1cc(N)cc(-c2ccccc2-c2cc(C)cc(N)c2)c1. The normalized spacial score (nSPS) is 10.6. The summed E-state index contributed by atoms with van der Waals surface area (Å²) in [5, 5.41) is 0. The molecule has 0 bridgehead atoms. The van der Waals surface area contributed by atoms with Gasteiger partial charge in [0, 0.05) is 11.4 Å². The fourth-order valence-corrected chi connectivity index (χ4v) is 2.92. The average molecular weight is 288 g/mol. The number of benzene rings is 3. The molecule has 0 radical (unpaired) electrons. The van der Waals surface area contributed by atoms with Crippen molar-refractivity contribution >= 4 is 11.4 Å². The van der Waals surface area contributed by atoms with E-state index < -0.39 is 0 Å². The van der Waals surface area contributed by atoms with Gasteiger partial charge in [-0.25, -0.2) is 0 Å². The van der Waals surface area contributed by atoms with Crippen molar-refractivity contribution in [2.24, 2.45) is 0 Å². The largest absolute Gasteiger partial charge is 0.399 e. The zero-order valence-corrected chi connectivity index (χ0v) is 12.9. The van der Waals surface area contributed by atoms with Crippen molar-refractivity contribution < 1.29 is 0 Å². The van der Waals surface area contributed by atoms with Crippen molar-refractivity contribution in [2.75, 3.05) is 11.5 Å². The van der Waals surface area contributed by atoms with E-state index >= 15 is 0 Å². The summed E-state index contributed by atoms with van der Waals surface area (Å²) in [5.41, 5.74) is 20.5. The van der Waals surface area contributed by atoms with Crippen molar-refractivity contribution in [1.29, 1.82) is 0 Å². The second-order valence-corrected chi connectivity index (χ2v) is 5.81. The number of anilines is 2. The van der Waals surface area contributed by atoms with E-state index in [1.807, 2.05) is 24.3 Å². The molecule has 0 aliphatic carbocycles. The van der Waals surface area contributed by atoms with E-state index in [0.717, 1.165) is 33.6 Å². The molecule has 4 N–H and O–H groups in total. The maximum absolute atomic E-state index is 6.01. The third-order valence-corrected chi connectivity index (χ3v) is 3.75. The lowest BCUT2D eigenvalue weighted by Gasteiger charge is -2.13. The molecule has 0 fully saturated rings. The summed E-state index contributed by atoms with van der Waals surface area (Å²) < 4.78 is 0. The zero-order valence-electron chi connectivity index (χ0n) is 12.9. The summed E-state index contributed by atoms with van der Waals surface area (Å²) in [6.45, 7) is 4.13.